The van der Waals surface area contributed by atoms with E-state index in [1.165, 1.54) is 18.2 Å². The fraction of sp³-hybridized carbons (Fsp3) is 0.417. The van der Waals surface area contributed by atoms with Gasteiger partial charge in [-0.05, 0) is 43.7 Å². The maximum Gasteiger partial charge on any atom is 0.180 e. The Morgan fingerprint density at radius 3 is 2.94 bits per heavy atom. The van der Waals surface area contributed by atoms with Crippen LogP contribution in [0.15, 0.2) is 18.2 Å². The average Bonchev–Trinajstić information content (AvgIpc) is 2.69. The highest BCUT2D eigenvalue weighted by Gasteiger charge is 2.38. The molecule has 2 rings (SSSR count). The minimum absolute atomic E-state index is 0.0560. The van der Waals surface area contributed by atoms with Crippen LogP contribution in [0.25, 0.3) is 0 Å². The van der Waals surface area contributed by atoms with Crippen molar-refractivity contribution in [3.05, 3.63) is 34.6 Å². The zero-order valence-corrected chi connectivity index (χ0v) is 10.5. The Balaban J connectivity index is 2.36. The Kier molecular flexibility index (Phi) is 3.27. The van der Waals surface area contributed by atoms with Gasteiger partial charge in [-0.1, -0.05) is 11.6 Å². The molecule has 0 radical (unpaired) electrons. The van der Waals surface area contributed by atoms with Gasteiger partial charge in [-0.15, -0.1) is 11.8 Å². The number of thioether (sulfide) groups is 1. The molecule has 4 heteroatoms. The third-order valence-electron chi connectivity index (χ3n) is 2.87. The summed E-state index contributed by atoms with van der Waals surface area (Å²) >= 11 is 7.57. The zero-order valence-electron chi connectivity index (χ0n) is 8.93. The molecule has 16 heavy (non-hydrogen) atoms. The molecule has 0 aromatic heterocycles. The molecule has 1 nitrogen and oxygen atoms in total. The summed E-state index contributed by atoms with van der Waals surface area (Å²) in [6.45, 7) is 1.91. The molecule has 0 aliphatic carbocycles. The lowest BCUT2D eigenvalue weighted by molar-refractivity contribution is 0.0948. The Bertz CT molecular complexity index is 427. The van der Waals surface area contributed by atoms with E-state index in [4.69, 9.17) is 11.6 Å². The molecule has 1 aromatic rings. The predicted octanol–water partition coefficient (Wildman–Crippen LogP) is 3.95. The van der Waals surface area contributed by atoms with E-state index in [1.54, 1.807) is 11.8 Å². The van der Waals surface area contributed by atoms with E-state index in [2.05, 4.69) is 0 Å². The first-order valence-electron chi connectivity index (χ1n) is 5.17. The van der Waals surface area contributed by atoms with E-state index in [1.807, 2.05) is 6.92 Å². The molecule has 1 aliphatic rings. The standard InChI is InChI=1S/C12H12ClFOS/c1-12(5-2-6-16-12)11(15)9-7-8(14)3-4-10(9)13/h3-4,7H,2,5-6H2,1H3. The van der Waals surface area contributed by atoms with Crippen molar-refractivity contribution < 1.29 is 9.18 Å². The summed E-state index contributed by atoms with van der Waals surface area (Å²) in [4.78, 5) is 12.3. The molecule has 0 N–H and O–H groups in total. The Morgan fingerprint density at radius 1 is 1.56 bits per heavy atom. The number of benzene rings is 1. The van der Waals surface area contributed by atoms with E-state index in [9.17, 15) is 9.18 Å². The Morgan fingerprint density at radius 2 is 2.31 bits per heavy atom. The van der Waals surface area contributed by atoms with Crippen LogP contribution in [0.3, 0.4) is 0 Å². The van der Waals surface area contributed by atoms with E-state index >= 15 is 0 Å². The molecule has 1 fully saturated rings. The minimum Gasteiger partial charge on any atom is -0.293 e. The summed E-state index contributed by atoms with van der Waals surface area (Å²) in [6, 6.07) is 3.94. The second-order valence-electron chi connectivity index (χ2n) is 4.14. The number of ketones is 1. The van der Waals surface area contributed by atoms with Crippen LogP contribution in [0.5, 0.6) is 0 Å². The van der Waals surface area contributed by atoms with Crippen LogP contribution < -0.4 is 0 Å². The summed E-state index contributed by atoms with van der Waals surface area (Å²) in [5, 5.41) is 0.333. The molecule has 86 valence electrons. The molecule has 1 saturated heterocycles. The quantitative estimate of drug-likeness (QED) is 0.748. The topological polar surface area (TPSA) is 17.1 Å². The number of carbonyl (C=O) groups is 1. The van der Waals surface area contributed by atoms with Gasteiger partial charge in [0.1, 0.15) is 5.82 Å². The number of halogens is 2. The molecule has 1 heterocycles. The largest absolute Gasteiger partial charge is 0.293 e. The third kappa shape index (κ3) is 2.11. The highest BCUT2D eigenvalue weighted by Crippen LogP contribution is 2.41. The van der Waals surface area contributed by atoms with E-state index in [0.29, 0.717) is 10.6 Å². The van der Waals surface area contributed by atoms with Crippen LogP contribution >= 0.6 is 23.4 Å². The molecule has 0 bridgehead atoms. The number of hydrogen-bond acceptors (Lipinski definition) is 2. The maximum atomic E-state index is 13.1. The highest BCUT2D eigenvalue weighted by molar-refractivity contribution is 8.01. The average molecular weight is 259 g/mol. The van der Waals surface area contributed by atoms with Crippen molar-refractivity contribution in [3.8, 4) is 0 Å². The summed E-state index contributed by atoms with van der Waals surface area (Å²) in [7, 11) is 0. The smallest absolute Gasteiger partial charge is 0.180 e. The predicted molar refractivity (Wildman–Crippen MR) is 65.8 cm³/mol. The SMILES string of the molecule is CC1(C(=O)c2cc(F)ccc2Cl)CCCS1. The molecule has 0 spiro atoms. The van der Waals surface area contributed by atoms with E-state index < -0.39 is 10.6 Å². The molecule has 1 atom stereocenters. The van der Waals surface area contributed by atoms with Crippen molar-refractivity contribution in [1.82, 2.24) is 0 Å². The maximum absolute atomic E-state index is 13.1. The van der Waals surface area contributed by atoms with Crippen molar-refractivity contribution in [1.29, 1.82) is 0 Å². The third-order valence-corrected chi connectivity index (χ3v) is 4.72. The second-order valence-corrected chi connectivity index (χ2v) is 6.14. The van der Waals surface area contributed by atoms with Crippen LogP contribution in [-0.2, 0) is 0 Å². The first-order valence-corrected chi connectivity index (χ1v) is 6.53. The lowest BCUT2D eigenvalue weighted by Crippen LogP contribution is -2.29. The van der Waals surface area contributed by atoms with Gasteiger partial charge >= 0.3 is 0 Å². The number of carbonyl (C=O) groups excluding carboxylic acids is 1. The monoisotopic (exact) mass is 258 g/mol. The first kappa shape index (κ1) is 11.9. The Labute approximate surface area is 103 Å². The summed E-state index contributed by atoms with van der Waals surface area (Å²) in [5.41, 5.74) is 0.304. The number of Topliss-reactive ketones (excluding diaryl/α,β-unsaturated/α-hetero) is 1. The van der Waals surface area contributed by atoms with Crippen LogP contribution in [0.2, 0.25) is 5.02 Å². The fourth-order valence-electron chi connectivity index (χ4n) is 1.91. The van der Waals surface area contributed by atoms with Crippen molar-refractivity contribution in [2.24, 2.45) is 0 Å². The summed E-state index contributed by atoms with van der Waals surface area (Å²) < 4.78 is 12.7. The first-order chi connectivity index (χ1) is 7.53. The van der Waals surface area contributed by atoms with Gasteiger partial charge < -0.3 is 0 Å². The van der Waals surface area contributed by atoms with Crippen LogP contribution in [0, 0.1) is 5.82 Å². The van der Waals surface area contributed by atoms with Gasteiger partial charge in [0.25, 0.3) is 0 Å². The van der Waals surface area contributed by atoms with Crippen LogP contribution in [-0.4, -0.2) is 16.3 Å². The van der Waals surface area contributed by atoms with Gasteiger partial charge in [0.15, 0.2) is 5.78 Å². The molecule has 1 aliphatic heterocycles. The molecule has 1 unspecified atom stereocenters. The van der Waals surface area contributed by atoms with Gasteiger partial charge in [0, 0.05) is 5.56 Å². The van der Waals surface area contributed by atoms with Gasteiger partial charge in [-0.2, -0.15) is 0 Å². The van der Waals surface area contributed by atoms with Crippen LogP contribution in [0.4, 0.5) is 4.39 Å². The number of hydrogen-bond donors (Lipinski definition) is 0. The second kappa shape index (κ2) is 4.38. The van der Waals surface area contributed by atoms with Gasteiger partial charge in [-0.3, -0.25) is 4.79 Å². The normalized spacial score (nSPS) is 24.7. The van der Waals surface area contributed by atoms with Gasteiger partial charge in [-0.25, -0.2) is 4.39 Å². The molecular formula is C12H12ClFOS. The number of rotatable bonds is 2. The lowest BCUT2D eigenvalue weighted by Gasteiger charge is -2.21. The summed E-state index contributed by atoms with van der Waals surface area (Å²) in [5.74, 6) is 0.508. The van der Waals surface area contributed by atoms with Crippen molar-refractivity contribution in [2.75, 3.05) is 5.75 Å². The van der Waals surface area contributed by atoms with Gasteiger partial charge in [0.05, 0.1) is 9.77 Å². The van der Waals surface area contributed by atoms with Crippen LogP contribution in [0.1, 0.15) is 30.1 Å². The van der Waals surface area contributed by atoms with Gasteiger partial charge in [0.2, 0.25) is 0 Å². The molecule has 0 amide bonds. The van der Waals surface area contributed by atoms with Crippen molar-refractivity contribution >= 4 is 29.1 Å². The zero-order chi connectivity index (χ0) is 11.8. The Hall–Kier alpha value is -0.540. The van der Waals surface area contributed by atoms with E-state index in [0.717, 1.165) is 18.6 Å². The lowest BCUT2D eigenvalue weighted by atomic mass is 9.94. The van der Waals surface area contributed by atoms with Crippen molar-refractivity contribution in [2.45, 2.75) is 24.5 Å². The fourth-order valence-corrected chi connectivity index (χ4v) is 3.39. The highest BCUT2D eigenvalue weighted by atomic mass is 35.5. The molecule has 1 aromatic carbocycles. The van der Waals surface area contributed by atoms with E-state index in [-0.39, 0.29) is 5.78 Å². The molecule has 0 saturated carbocycles. The summed E-state index contributed by atoms with van der Waals surface area (Å²) in [6.07, 6.45) is 1.86. The minimum atomic E-state index is -0.433. The molecular weight excluding hydrogens is 247 g/mol. The van der Waals surface area contributed by atoms with Crippen molar-refractivity contribution in [3.63, 3.8) is 0 Å².